The standard InChI is InChI=1S/C15H24N4O2S/c1-4-19(12(3)21)15-17-14(10-22-15)9-18-7-5-6-13(8-18)16-11(2)20/h10,13H,4-9H2,1-3H3,(H,16,20). The summed E-state index contributed by atoms with van der Waals surface area (Å²) in [6.45, 7) is 8.35. The van der Waals surface area contributed by atoms with E-state index in [1.165, 1.54) is 11.3 Å². The molecule has 6 nitrogen and oxygen atoms in total. The van der Waals surface area contributed by atoms with Gasteiger partial charge in [-0.25, -0.2) is 4.98 Å². The van der Waals surface area contributed by atoms with E-state index in [4.69, 9.17) is 0 Å². The molecule has 0 bridgehead atoms. The molecule has 1 unspecified atom stereocenters. The topological polar surface area (TPSA) is 65.5 Å². The summed E-state index contributed by atoms with van der Waals surface area (Å²) in [5.74, 6) is 0.0509. The van der Waals surface area contributed by atoms with Crippen molar-refractivity contribution in [1.29, 1.82) is 0 Å². The molecule has 22 heavy (non-hydrogen) atoms. The van der Waals surface area contributed by atoms with Crippen LogP contribution in [0.15, 0.2) is 5.38 Å². The second-order valence-corrected chi connectivity index (χ2v) is 6.50. The fraction of sp³-hybridized carbons (Fsp3) is 0.667. The van der Waals surface area contributed by atoms with E-state index < -0.39 is 0 Å². The molecule has 0 spiro atoms. The summed E-state index contributed by atoms with van der Waals surface area (Å²) in [5, 5.41) is 5.77. The number of amides is 2. The number of piperidine rings is 1. The average molecular weight is 324 g/mol. The fourth-order valence-electron chi connectivity index (χ4n) is 2.82. The summed E-state index contributed by atoms with van der Waals surface area (Å²) in [4.78, 5) is 31.3. The van der Waals surface area contributed by atoms with Crippen molar-refractivity contribution in [1.82, 2.24) is 15.2 Å². The van der Waals surface area contributed by atoms with Crippen molar-refractivity contribution in [3.63, 3.8) is 0 Å². The quantitative estimate of drug-likeness (QED) is 0.894. The predicted molar refractivity (Wildman–Crippen MR) is 87.9 cm³/mol. The molecule has 1 N–H and O–H groups in total. The first kappa shape index (κ1) is 16.9. The maximum Gasteiger partial charge on any atom is 0.225 e. The highest BCUT2D eigenvalue weighted by atomic mass is 32.1. The monoisotopic (exact) mass is 324 g/mol. The molecule has 0 aliphatic carbocycles. The van der Waals surface area contributed by atoms with Gasteiger partial charge in [0.05, 0.1) is 5.69 Å². The number of thiazole rings is 1. The molecule has 1 atom stereocenters. The minimum absolute atomic E-state index is 0.0205. The second-order valence-electron chi connectivity index (χ2n) is 5.66. The zero-order valence-electron chi connectivity index (χ0n) is 13.5. The van der Waals surface area contributed by atoms with Crippen LogP contribution in [-0.2, 0) is 16.1 Å². The molecule has 1 fully saturated rings. The number of nitrogens with zero attached hydrogens (tertiary/aromatic N) is 3. The molecule has 7 heteroatoms. The lowest BCUT2D eigenvalue weighted by atomic mass is 10.1. The summed E-state index contributed by atoms with van der Waals surface area (Å²) in [6.07, 6.45) is 2.11. The van der Waals surface area contributed by atoms with Crippen molar-refractivity contribution in [3.05, 3.63) is 11.1 Å². The van der Waals surface area contributed by atoms with Crippen molar-refractivity contribution < 1.29 is 9.59 Å². The number of carbonyl (C=O) groups is 2. The highest BCUT2D eigenvalue weighted by Crippen LogP contribution is 2.22. The van der Waals surface area contributed by atoms with Crippen molar-refractivity contribution in [2.24, 2.45) is 0 Å². The van der Waals surface area contributed by atoms with Gasteiger partial charge in [0.1, 0.15) is 0 Å². The number of anilines is 1. The molecule has 2 amide bonds. The Labute approximate surface area is 135 Å². The van der Waals surface area contributed by atoms with E-state index in [0.717, 1.165) is 43.3 Å². The third-order valence-electron chi connectivity index (χ3n) is 3.77. The molecule has 1 aliphatic rings. The van der Waals surface area contributed by atoms with Crippen LogP contribution in [0.4, 0.5) is 5.13 Å². The van der Waals surface area contributed by atoms with Gasteiger partial charge in [0, 0.05) is 44.9 Å². The van der Waals surface area contributed by atoms with Gasteiger partial charge in [0.15, 0.2) is 5.13 Å². The minimum atomic E-state index is 0.0205. The van der Waals surface area contributed by atoms with E-state index in [-0.39, 0.29) is 17.9 Å². The van der Waals surface area contributed by atoms with Crippen LogP contribution in [0.5, 0.6) is 0 Å². The molecular formula is C15H24N4O2S. The number of carbonyl (C=O) groups excluding carboxylic acids is 2. The van der Waals surface area contributed by atoms with Crippen LogP contribution < -0.4 is 10.2 Å². The predicted octanol–water partition coefficient (Wildman–Crippen LogP) is 1.62. The highest BCUT2D eigenvalue weighted by Gasteiger charge is 2.21. The number of likely N-dealkylation sites (tertiary alicyclic amines) is 1. The number of nitrogens with one attached hydrogen (secondary N) is 1. The second kappa shape index (κ2) is 7.69. The molecule has 0 saturated carbocycles. The molecule has 1 aromatic rings. The molecule has 2 heterocycles. The SMILES string of the molecule is CCN(C(C)=O)c1nc(CN2CCCC(NC(C)=O)C2)cs1. The van der Waals surface area contributed by atoms with Gasteiger partial charge in [-0.05, 0) is 26.3 Å². The zero-order chi connectivity index (χ0) is 16.1. The van der Waals surface area contributed by atoms with Crippen LogP contribution in [-0.4, -0.2) is 47.4 Å². The van der Waals surface area contributed by atoms with Gasteiger partial charge in [-0.15, -0.1) is 11.3 Å². The summed E-state index contributed by atoms with van der Waals surface area (Å²) in [5.41, 5.74) is 0.989. The van der Waals surface area contributed by atoms with Gasteiger partial charge in [0.2, 0.25) is 11.8 Å². The summed E-state index contributed by atoms with van der Waals surface area (Å²) in [6, 6.07) is 0.230. The van der Waals surface area contributed by atoms with Gasteiger partial charge in [-0.2, -0.15) is 0 Å². The molecule has 1 aromatic heterocycles. The van der Waals surface area contributed by atoms with Crippen LogP contribution in [0.3, 0.4) is 0 Å². The summed E-state index contributed by atoms with van der Waals surface area (Å²) < 4.78 is 0. The van der Waals surface area contributed by atoms with Crippen LogP contribution in [0.1, 0.15) is 39.3 Å². The third kappa shape index (κ3) is 4.51. The molecule has 1 saturated heterocycles. The fourth-order valence-corrected chi connectivity index (χ4v) is 3.74. The number of aromatic nitrogens is 1. The molecule has 0 aromatic carbocycles. The Morgan fingerprint density at radius 1 is 1.50 bits per heavy atom. The minimum Gasteiger partial charge on any atom is -0.352 e. The van der Waals surface area contributed by atoms with Crippen molar-refractivity contribution in [2.75, 3.05) is 24.5 Å². The van der Waals surface area contributed by atoms with E-state index in [2.05, 4.69) is 15.2 Å². The molecular weight excluding hydrogens is 300 g/mol. The lowest BCUT2D eigenvalue weighted by Gasteiger charge is -2.32. The lowest BCUT2D eigenvalue weighted by molar-refractivity contribution is -0.120. The van der Waals surface area contributed by atoms with Crippen LogP contribution in [0.2, 0.25) is 0 Å². The largest absolute Gasteiger partial charge is 0.352 e. The number of rotatable bonds is 5. The van der Waals surface area contributed by atoms with Crippen molar-refractivity contribution >= 4 is 28.3 Å². The van der Waals surface area contributed by atoms with Crippen LogP contribution >= 0.6 is 11.3 Å². The average Bonchev–Trinajstić information content (AvgIpc) is 2.87. The van der Waals surface area contributed by atoms with Crippen LogP contribution in [0.25, 0.3) is 0 Å². The van der Waals surface area contributed by atoms with Crippen LogP contribution in [0, 0.1) is 0 Å². The molecule has 122 valence electrons. The third-order valence-corrected chi connectivity index (χ3v) is 4.68. The zero-order valence-corrected chi connectivity index (χ0v) is 14.3. The van der Waals surface area contributed by atoms with Gasteiger partial charge < -0.3 is 5.32 Å². The maximum atomic E-state index is 11.6. The van der Waals surface area contributed by atoms with Crippen molar-refractivity contribution in [3.8, 4) is 0 Å². The van der Waals surface area contributed by atoms with E-state index >= 15 is 0 Å². The normalized spacial score (nSPS) is 19.0. The first-order chi connectivity index (χ1) is 10.5. The van der Waals surface area contributed by atoms with E-state index in [9.17, 15) is 9.59 Å². The van der Waals surface area contributed by atoms with Gasteiger partial charge in [0.25, 0.3) is 0 Å². The highest BCUT2D eigenvalue weighted by molar-refractivity contribution is 7.14. The van der Waals surface area contributed by atoms with Gasteiger partial charge in [-0.1, -0.05) is 0 Å². The Balaban J connectivity index is 1.95. The van der Waals surface area contributed by atoms with Crippen molar-refractivity contribution in [2.45, 2.75) is 46.2 Å². The smallest absolute Gasteiger partial charge is 0.225 e. The molecule has 2 rings (SSSR count). The summed E-state index contributed by atoms with van der Waals surface area (Å²) >= 11 is 1.51. The number of hydrogen-bond donors (Lipinski definition) is 1. The van der Waals surface area contributed by atoms with E-state index in [0.29, 0.717) is 6.54 Å². The van der Waals surface area contributed by atoms with E-state index in [1.807, 2.05) is 12.3 Å². The Kier molecular flexibility index (Phi) is 5.90. The Hall–Kier alpha value is -1.47. The first-order valence-corrected chi connectivity index (χ1v) is 8.59. The Morgan fingerprint density at radius 3 is 2.91 bits per heavy atom. The summed E-state index contributed by atoms with van der Waals surface area (Å²) in [7, 11) is 0. The number of hydrogen-bond acceptors (Lipinski definition) is 5. The maximum absolute atomic E-state index is 11.6. The Morgan fingerprint density at radius 2 is 2.27 bits per heavy atom. The molecule has 1 aliphatic heterocycles. The van der Waals surface area contributed by atoms with Gasteiger partial charge >= 0.3 is 0 Å². The van der Waals surface area contributed by atoms with Gasteiger partial charge in [-0.3, -0.25) is 19.4 Å². The lowest BCUT2D eigenvalue weighted by Crippen LogP contribution is -2.46. The molecule has 0 radical (unpaired) electrons. The van der Waals surface area contributed by atoms with E-state index in [1.54, 1.807) is 18.7 Å². The Bertz CT molecular complexity index is 531. The first-order valence-electron chi connectivity index (χ1n) is 7.71.